The Kier molecular flexibility index (Phi) is 5.61. The number of halogens is 3. The third-order valence-corrected chi connectivity index (χ3v) is 5.77. The number of rotatable bonds is 5. The van der Waals surface area contributed by atoms with Gasteiger partial charge in [0.2, 0.25) is 15.9 Å². The van der Waals surface area contributed by atoms with Crippen LogP contribution in [0.15, 0.2) is 52.5 Å². The zero-order valence-corrected chi connectivity index (χ0v) is 16.5. The second-order valence-corrected chi connectivity index (χ2v) is 8.98. The van der Waals surface area contributed by atoms with Gasteiger partial charge in [0, 0.05) is 5.69 Å². The van der Waals surface area contributed by atoms with Crippen molar-refractivity contribution >= 4 is 44.4 Å². The van der Waals surface area contributed by atoms with Gasteiger partial charge in [0.15, 0.2) is 5.16 Å². The lowest BCUT2D eigenvalue weighted by Crippen LogP contribution is -2.22. The number of nitrogens with zero attached hydrogens (tertiary/aromatic N) is 1. The van der Waals surface area contributed by atoms with Gasteiger partial charge in [-0.05, 0) is 43.3 Å². The maximum absolute atomic E-state index is 12.8. The molecular weight excluding hydrogens is 429 g/mol. The van der Waals surface area contributed by atoms with Gasteiger partial charge in [-0.25, -0.2) is 18.5 Å². The number of fused-ring (bicyclic) bond motifs is 1. The minimum Gasteiger partial charge on any atom is -0.333 e. The number of aromatic nitrogens is 2. The number of hydrogen-bond acceptors (Lipinski definition) is 5. The Balaban J connectivity index is 1.73. The van der Waals surface area contributed by atoms with Crippen molar-refractivity contribution in [2.45, 2.75) is 28.4 Å². The predicted octanol–water partition coefficient (Wildman–Crippen LogP) is 3.35. The number of carbonyl (C=O) groups excluding carboxylic acids is 1. The molecule has 2 aromatic carbocycles. The molecule has 0 saturated heterocycles. The molecule has 3 rings (SSSR count). The van der Waals surface area contributed by atoms with E-state index in [0.717, 1.165) is 23.9 Å². The van der Waals surface area contributed by atoms with Crippen LogP contribution >= 0.6 is 11.8 Å². The number of hydrogen-bond donors (Lipinski definition) is 3. The summed E-state index contributed by atoms with van der Waals surface area (Å²) in [4.78, 5) is 19.2. The van der Waals surface area contributed by atoms with E-state index in [1.165, 1.54) is 30.3 Å². The van der Waals surface area contributed by atoms with Crippen molar-refractivity contribution < 1.29 is 26.4 Å². The molecule has 0 bridgehead atoms. The Labute approximate surface area is 167 Å². The molecule has 1 aromatic heterocycles. The number of anilines is 1. The SMILES string of the molecule is C[C@H](Sc1nc2ccc(C(F)(F)F)cc2[nH]1)C(=O)Nc1cccc(S(N)(=O)=O)c1. The number of imidazole rings is 1. The molecule has 0 unspecified atom stereocenters. The maximum Gasteiger partial charge on any atom is 0.416 e. The van der Waals surface area contributed by atoms with E-state index in [1.807, 2.05) is 0 Å². The molecular formula is C17H15F3N4O3S2. The first-order valence-corrected chi connectivity index (χ1v) is 10.5. The second-order valence-electron chi connectivity index (χ2n) is 6.09. The van der Waals surface area contributed by atoms with Gasteiger partial charge in [-0.2, -0.15) is 13.2 Å². The number of nitrogens with two attached hydrogens (primary N) is 1. The van der Waals surface area contributed by atoms with Gasteiger partial charge >= 0.3 is 6.18 Å². The summed E-state index contributed by atoms with van der Waals surface area (Å²) in [5.41, 5.74) is -0.0103. The van der Waals surface area contributed by atoms with Crippen molar-refractivity contribution in [1.29, 1.82) is 0 Å². The minimum absolute atomic E-state index is 0.145. The molecule has 0 spiro atoms. The van der Waals surface area contributed by atoms with Crippen LogP contribution in [0.2, 0.25) is 0 Å². The highest BCUT2D eigenvalue weighted by Crippen LogP contribution is 2.32. The van der Waals surface area contributed by atoms with Crippen LogP contribution in [0.25, 0.3) is 11.0 Å². The highest BCUT2D eigenvalue weighted by atomic mass is 32.2. The van der Waals surface area contributed by atoms with Gasteiger partial charge in [-0.3, -0.25) is 4.79 Å². The van der Waals surface area contributed by atoms with Crippen LogP contribution in [0.5, 0.6) is 0 Å². The Morgan fingerprint density at radius 1 is 1.24 bits per heavy atom. The first kappa shape index (κ1) is 21.1. The van der Waals surface area contributed by atoms with Crippen LogP contribution in [0, 0.1) is 0 Å². The lowest BCUT2D eigenvalue weighted by atomic mass is 10.2. The zero-order chi connectivity index (χ0) is 21.4. The third-order valence-electron chi connectivity index (χ3n) is 3.88. The normalized spacial score (nSPS) is 13.4. The average molecular weight is 444 g/mol. The minimum atomic E-state index is -4.47. The zero-order valence-electron chi connectivity index (χ0n) is 14.8. The Hall–Kier alpha value is -2.57. The number of nitrogens with one attached hydrogen (secondary N) is 2. The summed E-state index contributed by atoms with van der Waals surface area (Å²) in [6.07, 6.45) is -4.47. The number of carbonyl (C=O) groups is 1. The first-order chi connectivity index (χ1) is 13.4. The molecule has 0 fully saturated rings. The quantitative estimate of drug-likeness (QED) is 0.522. The van der Waals surface area contributed by atoms with Crippen molar-refractivity contribution in [2.75, 3.05) is 5.32 Å². The van der Waals surface area contributed by atoms with Crippen LogP contribution in [0.4, 0.5) is 18.9 Å². The number of sulfonamides is 1. The lowest BCUT2D eigenvalue weighted by molar-refractivity contribution is -0.137. The molecule has 0 saturated carbocycles. The summed E-state index contributed by atoms with van der Waals surface area (Å²) >= 11 is 1.02. The van der Waals surface area contributed by atoms with Crippen LogP contribution in [0.1, 0.15) is 12.5 Å². The predicted molar refractivity (Wildman–Crippen MR) is 103 cm³/mol. The maximum atomic E-state index is 12.8. The summed E-state index contributed by atoms with van der Waals surface area (Å²) in [6, 6.07) is 8.61. The lowest BCUT2D eigenvalue weighted by Gasteiger charge is -2.11. The molecule has 12 heteroatoms. The average Bonchev–Trinajstić information content (AvgIpc) is 3.01. The molecule has 1 amide bonds. The molecule has 0 aliphatic heterocycles. The van der Waals surface area contributed by atoms with Crippen molar-refractivity contribution in [2.24, 2.45) is 5.14 Å². The molecule has 29 heavy (non-hydrogen) atoms. The molecule has 0 radical (unpaired) electrons. The fourth-order valence-corrected chi connectivity index (χ4v) is 3.81. The Morgan fingerprint density at radius 2 is 1.97 bits per heavy atom. The van der Waals surface area contributed by atoms with Crippen molar-refractivity contribution in [3.63, 3.8) is 0 Å². The van der Waals surface area contributed by atoms with Crippen LogP contribution in [-0.2, 0) is 21.0 Å². The standard InChI is InChI=1S/C17H15F3N4O3S2/c1-9(15(25)22-11-3-2-4-12(8-11)29(21,26)27)28-16-23-13-6-5-10(17(18,19)20)7-14(13)24-16/h2-9H,1H3,(H,22,25)(H,23,24)(H2,21,26,27)/t9-/m0/s1. The van der Waals surface area contributed by atoms with Gasteiger partial charge < -0.3 is 10.3 Å². The summed E-state index contributed by atoms with van der Waals surface area (Å²) in [7, 11) is -3.91. The highest BCUT2D eigenvalue weighted by Gasteiger charge is 2.30. The molecule has 1 heterocycles. The smallest absolute Gasteiger partial charge is 0.333 e. The van der Waals surface area contributed by atoms with E-state index in [-0.39, 0.29) is 21.3 Å². The van der Waals surface area contributed by atoms with Crippen LogP contribution in [0.3, 0.4) is 0 Å². The van der Waals surface area contributed by atoms with Gasteiger partial charge in [-0.1, -0.05) is 17.8 Å². The van der Waals surface area contributed by atoms with E-state index in [9.17, 15) is 26.4 Å². The summed E-state index contributed by atoms with van der Waals surface area (Å²) in [5, 5.41) is 7.24. The monoisotopic (exact) mass is 444 g/mol. The topological polar surface area (TPSA) is 118 Å². The number of amides is 1. The number of primary sulfonamides is 1. The molecule has 7 nitrogen and oxygen atoms in total. The van der Waals surface area contributed by atoms with E-state index in [1.54, 1.807) is 6.92 Å². The number of benzene rings is 2. The highest BCUT2D eigenvalue weighted by molar-refractivity contribution is 8.00. The van der Waals surface area contributed by atoms with Crippen molar-refractivity contribution in [3.8, 4) is 0 Å². The van der Waals surface area contributed by atoms with Gasteiger partial charge in [-0.15, -0.1) is 0 Å². The molecule has 154 valence electrons. The number of thioether (sulfide) groups is 1. The van der Waals surface area contributed by atoms with Crippen molar-refractivity contribution in [1.82, 2.24) is 9.97 Å². The molecule has 1 atom stereocenters. The van der Waals surface area contributed by atoms with Crippen LogP contribution in [-0.4, -0.2) is 29.5 Å². The molecule has 0 aliphatic rings. The van der Waals surface area contributed by atoms with E-state index in [0.29, 0.717) is 5.52 Å². The summed E-state index contributed by atoms with van der Waals surface area (Å²) in [6.45, 7) is 1.58. The van der Waals surface area contributed by atoms with E-state index in [4.69, 9.17) is 5.14 Å². The second kappa shape index (κ2) is 7.69. The fraction of sp³-hybridized carbons (Fsp3) is 0.176. The summed E-state index contributed by atoms with van der Waals surface area (Å²) in [5.74, 6) is -0.446. The van der Waals surface area contributed by atoms with Crippen LogP contribution < -0.4 is 10.5 Å². The molecule has 4 N–H and O–H groups in total. The summed E-state index contributed by atoms with van der Waals surface area (Å²) < 4.78 is 61.2. The molecule has 3 aromatic rings. The van der Waals surface area contributed by atoms with E-state index in [2.05, 4.69) is 15.3 Å². The Bertz CT molecular complexity index is 1180. The first-order valence-electron chi connectivity index (χ1n) is 8.11. The van der Waals surface area contributed by atoms with Gasteiger partial charge in [0.1, 0.15) is 0 Å². The number of alkyl halides is 3. The van der Waals surface area contributed by atoms with Gasteiger partial charge in [0.25, 0.3) is 0 Å². The number of H-pyrrole nitrogens is 1. The van der Waals surface area contributed by atoms with Crippen molar-refractivity contribution in [3.05, 3.63) is 48.0 Å². The number of aromatic amines is 1. The fourth-order valence-electron chi connectivity index (χ4n) is 2.43. The molecule has 0 aliphatic carbocycles. The van der Waals surface area contributed by atoms with Gasteiger partial charge in [0.05, 0.1) is 26.7 Å². The van der Waals surface area contributed by atoms with E-state index >= 15 is 0 Å². The largest absolute Gasteiger partial charge is 0.416 e. The Morgan fingerprint density at radius 3 is 2.62 bits per heavy atom. The third kappa shape index (κ3) is 5.08. The van der Waals surface area contributed by atoms with E-state index < -0.39 is 32.9 Å².